The average molecular weight is 346 g/mol. The molecule has 0 heterocycles. The van der Waals surface area contributed by atoms with Crippen molar-refractivity contribution in [2.24, 2.45) is 5.92 Å². The number of aliphatic carboxylic acids is 1. The molecule has 8 heteroatoms. The number of carboxylic acid groups (broad SMARTS) is 1. The van der Waals surface area contributed by atoms with E-state index >= 15 is 0 Å². The van der Waals surface area contributed by atoms with Crippen LogP contribution in [0.15, 0.2) is 0 Å². The summed E-state index contributed by atoms with van der Waals surface area (Å²) >= 11 is 0. The second-order valence-corrected chi connectivity index (χ2v) is 5.45. The Labute approximate surface area is 143 Å². The van der Waals surface area contributed by atoms with Crippen LogP contribution in [0.4, 0.5) is 0 Å². The first-order chi connectivity index (χ1) is 11.5. The van der Waals surface area contributed by atoms with Gasteiger partial charge in [-0.2, -0.15) is 0 Å². The summed E-state index contributed by atoms with van der Waals surface area (Å²) in [7, 11) is 0. The molecule has 0 unspecified atom stereocenters. The Morgan fingerprint density at radius 1 is 0.958 bits per heavy atom. The summed E-state index contributed by atoms with van der Waals surface area (Å²) in [4.78, 5) is 33.1. The van der Waals surface area contributed by atoms with Crippen molar-refractivity contribution < 1.29 is 29.0 Å². The van der Waals surface area contributed by atoms with Gasteiger partial charge >= 0.3 is 5.97 Å². The number of ether oxygens (including phenoxy) is 2. The van der Waals surface area contributed by atoms with Crippen molar-refractivity contribution in [3.05, 3.63) is 0 Å². The maximum atomic E-state index is 11.5. The molecule has 0 aromatic rings. The molecule has 0 saturated heterocycles. The molecule has 0 bridgehead atoms. The first-order valence-electron chi connectivity index (χ1n) is 8.39. The van der Waals surface area contributed by atoms with Crippen molar-refractivity contribution in [2.45, 2.75) is 39.5 Å². The summed E-state index contributed by atoms with van der Waals surface area (Å²) in [5.41, 5.74) is 0. The Kier molecular flexibility index (Phi) is 13.9. The third kappa shape index (κ3) is 14.0. The summed E-state index contributed by atoms with van der Waals surface area (Å²) in [5.74, 6) is -1.35. The van der Waals surface area contributed by atoms with Gasteiger partial charge in [0.1, 0.15) is 6.61 Å². The van der Waals surface area contributed by atoms with Crippen molar-refractivity contribution in [1.82, 2.24) is 10.6 Å². The molecule has 0 radical (unpaired) electrons. The van der Waals surface area contributed by atoms with E-state index in [9.17, 15) is 14.4 Å². The zero-order valence-electron chi connectivity index (χ0n) is 14.6. The Bertz CT molecular complexity index is 376. The van der Waals surface area contributed by atoms with Gasteiger partial charge in [0.15, 0.2) is 0 Å². The number of amides is 2. The number of nitrogens with one attached hydrogen (secondary N) is 2. The number of carboxylic acids is 1. The highest BCUT2D eigenvalue weighted by atomic mass is 16.5. The van der Waals surface area contributed by atoms with E-state index in [0.717, 1.165) is 12.8 Å². The molecule has 3 N–H and O–H groups in total. The molecule has 0 aromatic carbocycles. The molecule has 24 heavy (non-hydrogen) atoms. The fraction of sp³-hybridized carbons (Fsp3) is 0.812. The van der Waals surface area contributed by atoms with E-state index in [1.54, 1.807) is 13.8 Å². The molecule has 0 saturated carbocycles. The second kappa shape index (κ2) is 14.9. The molecule has 0 rings (SSSR count). The monoisotopic (exact) mass is 346 g/mol. The fourth-order valence-electron chi connectivity index (χ4n) is 1.75. The van der Waals surface area contributed by atoms with Crippen LogP contribution in [-0.2, 0) is 23.9 Å². The van der Waals surface area contributed by atoms with Crippen LogP contribution in [0.25, 0.3) is 0 Å². The molecular weight excluding hydrogens is 316 g/mol. The van der Waals surface area contributed by atoms with Crippen molar-refractivity contribution in [2.75, 3.05) is 39.5 Å². The number of hydrogen-bond acceptors (Lipinski definition) is 5. The highest BCUT2D eigenvalue weighted by Crippen LogP contribution is 2.06. The minimum Gasteiger partial charge on any atom is -0.481 e. The quantitative estimate of drug-likeness (QED) is 0.373. The van der Waals surface area contributed by atoms with E-state index in [4.69, 9.17) is 14.6 Å². The minimum atomic E-state index is -0.789. The first kappa shape index (κ1) is 22.3. The van der Waals surface area contributed by atoms with E-state index in [1.165, 1.54) is 0 Å². The van der Waals surface area contributed by atoms with Crippen LogP contribution in [0.1, 0.15) is 39.5 Å². The van der Waals surface area contributed by atoms with Crippen molar-refractivity contribution in [1.29, 1.82) is 0 Å². The third-order valence-electron chi connectivity index (χ3n) is 3.30. The van der Waals surface area contributed by atoms with Crippen LogP contribution < -0.4 is 10.6 Å². The van der Waals surface area contributed by atoms with Gasteiger partial charge in [-0.05, 0) is 12.8 Å². The Hall–Kier alpha value is -1.67. The standard InChI is InChI=1S/C16H30N2O6/c1-3-14(19)18-8-9-23-10-11-24-12-15(20)17-7-5-4-6-13(2)16(21)22/h13H,3-12H2,1-2H3,(H,17,20)(H,18,19)(H,21,22)/t13-/m0/s1. The normalized spacial score (nSPS) is 11.8. The molecular formula is C16H30N2O6. The van der Waals surface area contributed by atoms with Crippen LogP contribution in [0, 0.1) is 5.92 Å². The lowest BCUT2D eigenvalue weighted by Gasteiger charge is -2.08. The third-order valence-corrected chi connectivity index (χ3v) is 3.30. The molecule has 0 aliphatic heterocycles. The van der Waals surface area contributed by atoms with Gasteiger partial charge in [0.2, 0.25) is 11.8 Å². The van der Waals surface area contributed by atoms with Crippen LogP contribution in [0.5, 0.6) is 0 Å². The predicted octanol–water partition coefficient (Wildman–Crippen LogP) is 0.553. The van der Waals surface area contributed by atoms with E-state index in [1.807, 2.05) is 0 Å². The van der Waals surface area contributed by atoms with Crippen molar-refractivity contribution in [3.63, 3.8) is 0 Å². The van der Waals surface area contributed by atoms with E-state index < -0.39 is 5.97 Å². The lowest BCUT2D eigenvalue weighted by molar-refractivity contribution is -0.141. The topological polar surface area (TPSA) is 114 Å². The molecule has 2 amide bonds. The molecule has 8 nitrogen and oxygen atoms in total. The van der Waals surface area contributed by atoms with Gasteiger partial charge in [-0.1, -0.05) is 20.3 Å². The van der Waals surface area contributed by atoms with Crippen molar-refractivity contribution in [3.8, 4) is 0 Å². The fourth-order valence-corrected chi connectivity index (χ4v) is 1.75. The summed E-state index contributed by atoms with van der Waals surface area (Å²) in [6, 6.07) is 0. The molecule has 0 fully saturated rings. The predicted molar refractivity (Wildman–Crippen MR) is 88.6 cm³/mol. The number of carbonyl (C=O) groups is 3. The lowest BCUT2D eigenvalue weighted by Crippen LogP contribution is -2.29. The van der Waals surface area contributed by atoms with Crippen LogP contribution in [0.3, 0.4) is 0 Å². The Morgan fingerprint density at radius 3 is 2.29 bits per heavy atom. The second-order valence-electron chi connectivity index (χ2n) is 5.45. The van der Waals surface area contributed by atoms with Gasteiger partial charge in [-0.25, -0.2) is 0 Å². The van der Waals surface area contributed by atoms with Gasteiger partial charge in [0, 0.05) is 19.5 Å². The highest BCUT2D eigenvalue weighted by molar-refractivity contribution is 5.77. The maximum Gasteiger partial charge on any atom is 0.306 e. The summed E-state index contributed by atoms with van der Waals surface area (Å²) < 4.78 is 10.4. The first-order valence-corrected chi connectivity index (χ1v) is 8.39. The summed E-state index contributed by atoms with van der Waals surface area (Å²) in [6.45, 7) is 5.50. The van der Waals surface area contributed by atoms with Gasteiger partial charge < -0.3 is 25.2 Å². The SMILES string of the molecule is CCC(=O)NCCOCCOCC(=O)NCCCC[C@H](C)C(=O)O. The largest absolute Gasteiger partial charge is 0.481 e. The molecule has 0 aliphatic carbocycles. The Morgan fingerprint density at radius 2 is 1.62 bits per heavy atom. The smallest absolute Gasteiger partial charge is 0.306 e. The van der Waals surface area contributed by atoms with E-state index in [-0.39, 0.29) is 24.3 Å². The van der Waals surface area contributed by atoms with Crippen LogP contribution >= 0.6 is 0 Å². The van der Waals surface area contributed by atoms with Gasteiger partial charge in [0.05, 0.1) is 25.7 Å². The molecule has 1 atom stereocenters. The summed E-state index contributed by atoms with van der Waals surface area (Å²) in [5, 5.41) is 14.1. The van der Waals surface area contributed by atoms with Gasteiger partial charge in [-0.3, -0.25) is 14.4 Å². The van der Waals surface area contributed by atoms with E-state index in [0.29, 0.717) is 45.8 Å². The molecule has 0 spiro atoms. The number of rotatable bonds is 15. The van der Waals surface area contributed by atoms with Crippen LogP contribution in [-0.4, -0.2) is 62.4 Å². The maximum absolute atomic E-state index is 11.5. The lowest BCUT2D eigenvalue weighted by atomic mass is 10.0. The molecule has 0 aromatic heterocycles. The minimum absolute atomic E-state index is 0.0102. The van der Waals surface area contributed by atoms with Gasteiger partial charge in [-0.15, -0.1) is 0 Å². The zero-order chi connectivity index (χ0) is 18.2. The summed E-state index contributed by atoms with van der Waals surface area (Å²) in [6.07, 6.45) is 2.57. The highest BCUT2D eigenvalue weighted by Gasteiger charge is 2.09. The Balaban J connectivity index is 3.32. The average Bonchev–Trinajstić information content (AvgIpc) is 2.56. The molecule has 140 valence electrons. The zero-order valence-corrected chi connectivity index (χ0v) is 14.6. The molecule has 0 aliphatic rings. The van der Waals surface area contributed by atoms with Crippen molar-refractivity contribution >= 4 is 17.8 Å². The van der Waals surface area contributed by atoms with Gasteiger partial charge in [0.25, 0.3) is 0 Å². The number of unbranched alkanes of at least 4 members (excludes halogenated alkanes) is 1. The van der Waals surface area contributed by atoms with E-state index in [2.05, 4.69) is 10.6 Å². The number of carbonyl (C=O) groups excluding carboxylic acids is 2. The number of hydrogen-bond donors (Lipinski definition) is 3. The van der Waals surface area contributed by atoms with Crippen LogP contribution in [0.2, 0.25) is 0 Å².